The first-order valence-electron chi connectivity index (χ1n) is 8.40. The number of hydrogen-bond acceptors (Lipinski definition) is 4. The zero-order valence-corrected chi connectivity index (χ0v) is 13.5. The van der Waals surface area contributed by atoms with E-state index in [0.29, 0.717) is 13.2 Å². The highest BCUT2D eigenvalue weighted by Crippen LogP contribution is 2.42. The number of nitrogens with two attached hydrogens (primary N) is 1. The Morgan fingerprint density at radius 3 is 2.68 bits per heavy atom. The Balaban J connectivity index is 1.83. The molecule has 3 rings (SSSR count). The van der Waals surface area contributed by atoms with E-state index in [4.69, 9.17) is 19.9 Å². The average molecular weight is 305 g/mol. The Bertz CT molecular complexity index is 491. The van der Waals surface area contributed by atoms with Crippen LogP contribution in [0.2, 0.25) is 0 Å². The van der Waals surface area contributed by atoms with Crippen molar-refractivity contribution < 1.29 is 14.2 Å². The van der Waals surface area contributed by atoms with Crippen LogP contribution in [-0.4, -0.2) is 33.0 Å². The summed E-state index contributed by atoms with van der Waals surface area (Å²) in [5.74, 6) is 1.62. The Morgan fingerprint density at radius 2 is 2.05 bits per heavy atom. The lowest BCUT2D eigenvalue weighted by Crippen LogP contribution is -2.37. The van der Waals surface area contributed by atoms with Crippen LogP contribution in [0.25, 0.3) is 0 Å². The number of benzene rings is 1. The Labute approximate surface area is 132 Å². The van der Waals surface area contributed by atoms with Crippen molar-refractivity contribution in [2.45, 2.75) is 50.0 Å². The second kappa shape index (κ2) is 6.88. The zero-order chi connectivity index (χ0) is 15.4. The van der Waals surface area contributed by atoms with Crippen LogP contribution < -0.4 is 15.2 Å². The highest BCUT2D eigenvalue weighted by molar-refractivity contribution is 5.45. The lowest BCUT2D eigenvalue weighted by molar-refractivity contribution is 0.138. The van der Waals surface area contributed by atoms with Crippen LogP contribution >= 0.6 is 0 Å². The second-order valence-electron chi connectivity index (χ2n) is 6.51. The number of methoxy groups -OCH3 is 1. The van der Waals surface area contributed by atoms with E-state index in [0.717, 1.165) is 24.5 Å². The quantitative estimate of drug-likeness (QED) is 0.908. The highest BCUT2D eigenvalue weighted by atomic mass is 16.6. The van der Waals surface area contributed by atoms with Crippen molar-refractivity contribution >= 4 is 0 Å². The van der Waals surface area contributed by atoms with Gasteiger partial charge in [0.1, 0.15) is 6.10 Å². The molecule has 2 aliphatic rings. The molecule has 1 aliphatic heterocycles. The van der Waals surface area contributed by atoms with Gasteiger partial charge in [0.25, 0.3) is 0 Å². The largest absolute Gasteiger partial charge is 0.493 e. The van der Waals surface area contributed by atoms with E-state index in [-0.39, 0.29) is 11.5 Å². The fourth-order valence-corrected chi connectivity index (χ4v) is 3.72. The lowest BCUT2D eigenvalue weighted by atomic mass is 9.69. The molecule has 1 aromatic carbocycles. The van der Waals surface area contributed by atoms with E-state index in [2.05, 4.69) is 12.1 Å². The minimum Gasteiger partial charge on any atom is -0.493 e. The lowest BCUT2D eigenvalue weighted by Gasteiger charge is -2.37. The average Bonchev–Trinajstić information content (AvgIpc) is 3.09. The van der Waals surface area contributed by atoms with Gasteiger partial charge in [-0.25, -0.2) is 0 Å². The zero-order valence-electron chi connectivity index (χ0n) is 13.5. The summed E-state index contributed by atoms with van der Waals surface area (Å²) >= 11 is 0. The second-order valence-corrected chi connectivity index (χ2v) is 6.51. The normalized spacial score (nSPS) is 24.2. The summed E-state index contributed by atoms with van der Waals surface area (Å²) in [7, 11) is 1.70. The summed E-state index contributed by atoms with van der Waals surface area (Å²) < 4.78 is 17.0. The van der Waals surface area contributed by atoms with Gasteiger partial charge in [-0.15, -0.1) is 0 Å². The first-order valence-corrected chi connectivity index (χ1v) is 8.40. The molecule has 1 saturated heterocycles. The van der Waals surface area contributed by atoms with Crippen LogP contribution in [0.1, 0.15) is 44.1 Å². The maximum Gasteiger partial charge on any atom is 0.161 e. The minimum absolute atomic E-state index is 0.112. The van der Waals surface area contributed by atoms with Gasteiger partial charge in [0.2, 0.25) is 0 Å². The summed E-state index contributed by atoms with van der Waals surface area (Å²) in [5, 5.41) is 0. The molecule has 122 valence electrons. The molecule has 4 nitrogen and oxygen atoms in total. The monoisotopic (exact) mass is 305 g/mol. The predicted octanol–water partition coefficient (Wildman–Crippen LogP) is 3.02. The standard InChI is InChI=1S/C18H27NO3/c1-20-17-11-14(18(13-19)8-3-2-4-9-18)5-6-16(17)22-15-7-10-21-12-15/h5-6,11,15H,2-4,7-10,12-13,19H2,1H3. The molecule has 2 fully saturated rings. The van der Waals surface area contributed by atoms with Crippen LogP contribution in [-0.2, 0) is 10.2 Å². The molecular formula is C18H27NO3. The molecule has 0 spiro atoms. The third-order valence-corrected chi connectivity index (χ3v) is 5.16. The predicted molar refractivity (Wildman–Crippen MR) is 86.7 cm³/mol. The van der Waals surface area contributed by atoms with Crippen LogP contribution in [0.4, 0.5) is 0 Å². The molecule has 1 aromatic rings. The first kappa shape index (κ1) is 15.6. The van der Waals surface area contributed by atoms with E-state index in [1.807, 2.05) is 6.07 Å². The molecule has 2 N–H and O–H groups in total. The van der Waals surface area contributed by atoms with Gasteiger partial charge < -0.3 is 19.9 Å². The molecule has 0 aromatic heterocycles. The van der Waals surface area contributed by atoms with Crippen molar-refractivity contribution in [1.82, 2.24) is 0 Å². The van der Waals surface area contributed by atoms with Gasteiger partial charge in [0, 0.05) is 18.4 Å². The molecule has 1 heterocycles. The van der Waals surface area contributed by atoms with Gasteiger partial charge in [-0.3, -0.25) is 0 Å². The van der Waals surface area contributed by atoms with Crippen molar-refractivity contribution in [1.29, 1.82) is 0 Å². The Morgan fingerprint density at radius 1 is 1.23 bits per heavy atom. The minimum atomic E-state index is 0.112. The van der Waals surface area contributed by atoms with E-state index in [1.54, 1.807) is 7.11 Å². The highest BCUT2D eigenvalue weighted by Gasteiger charge is 2.33. The number of ether oxygens (including phenoxy) is 3. The third-order valence-electron chi connectivity index (χ3n) is 5.16. The van der Waals surface area contributed by atoms with E-state index in [1.165, 1.54) is 37.7 Å². The molecule has 22 heavy (non-hydrogen) atoms. The van der Waals surface area contributed by atoms with Crippen molar-refractivity contribution in [3.63, 3.8) is 0 Å². The molecule has 4 heteroatoms. The SMILES string of the molecule is COc1cc(C2(CN)CCCCC2)ccc1OC1CCOC1. The van der Waals surface area contributed by atoms with Crippen LogP contribution in [0.15, 0.2) is 18.2 Å². The van der Waals surface area contributed by atoms with Crippen molar-refractivity contribution in [2.75, 3.05) is 26.9 Å². The molecule has 1 atom stereocenters. The van der Waals surface area contributed by atoms with Crippen molar-refractivity contribution in [2.24, 2.45) is 5.73 Å². The van der Waals surface area contributed by atoms with Crippen molar-refractivity contribution in [3.05, 3.63) is 23.8 Å². The molecule has 1 aliphatic carbocycles. The topological polar surface area (TPSA) is 53.7 Å². The van der Waals surface area contributed by atoms with Gasteiger partial charge >= 0.3 is 0 Å². The van der Waals surface area contributed by atoms with E-state index < -0.39 is 0 Å². The Kier molecular flexibility index (Phi) is 4.89. The summed E-state index contributed by atoms with van der Waals surface area (Å²) in [6.07, 6.45) is 7.26. The summed E-state index contributed by atoms with van der Waals surface area (Å²) in [6, 6.07) is 6.34. The fourth-order valence-electron chi connectivity index (χ4n) is 3.72. The van der Waals surface area contributed by atoms with Gasteiger partial charge in [-0.1, -0.05) is 25.3 Å². The van der Waals surface area contributed by atoms with Gasteiger partial charge in [0.05, 0.1) is 20.3 Å². The molecule has 1 saturated carbocycles. The third kappa shape index (κ3) is 3.08. The summed E-state index contributed by atoms with van der Waals surface area (Å²) in [6.45, 7) is 2.14. The van der Waals surface area contributed by atoms with Crippen LogP contribution in [0.3, 0.4) is 0 Å². The maximum atomic E-state index is 6.14. The summed E-state index contributed by atoms with van der Waals surface area (Å²) in [5.41, 5.74) is 7.55. The van der Waals surface area contributed by atoms with E-state index >= 15 is 0 Å². The molecular weight excluding hydrogens is 278 g/mol. The number of rotatable bonds is 5. The molecule has 0 bridgehead atoms. The van der Waals surface area contributed by atoms with Gasteiger partial charge in [-0.05, 0) is 30.5 Å². The molecule has 0 radical (unpaired) electrons. The Hall–Kier alpha value is -1.26. The first-order chi connectivity index (χ1) is 10.8. The number of hydrogen-bond donors (Lipinski definition) is 1. The molecule has 0 amide bonds. The van der Waals surface area contributed by atoms with Crippen LogP contribution in [0.5, 0.6) is 11.5 Å². The van der Waals surface area contributed by atoms with E-state index in [9.17, 15) is 0 Å². The maximum absolute atomic E-state index is 6.14. The van der Waals surface area contributed by atoms with Crippen LogP contribution in [0, 0.1) is 0 Å². The molecule has 1 unspecified atom stereocenters. The van der Waals surface area contributed by atoms with Gasteiger partial charge in [-0.2, -0.15) is 0 Å². The summed E-state index contributed by atoms with van der Waals surface area (Å²) in [4.78, 5) is 0. The van der Waals surface area contributed by atoms with Crippen molar-refractivity contribution in [3.8, 4) is 11.5 Å². The van der Waals surface area contributed by atoms with Gasteiger partial charge in [0.15, 0.2) is 11.5 Å². The fraction of sp³-hybridized carbons (Fsp3) is 0.667. The smallest absolute Gasteiger partial charge is 0.161 e.